The molecule has 0 aliphatic carbocycles. The average molecular weight is 454 g/mol. The largest absolute Gasteiger partial charge is 0.346 e. The summed E-state index contributed by atoms with van der Waals surface area (Å²) in [7, 11) is 1.84. The van der Waals surface area contributed by atoms with E-state index in [4.69, 9.17) is 11.6 Å². The van der Waals surface area contributed by atoms with E-state index in [1.165, 1.54) is 0 Å². The van der Waals surface area contributed by atoms with Crippen LogP contribution in [0.4, 0.5) is 16.6 Å². The molecule has 0 radical (unpaired) electrons. The van der Waals surface area contributed by atoms with E-state index in [1.807, 2.05) is 49.0 Å². The zero-order valence-electron chi connectivity index (χ0n) is 18.9. The Hall–Kier alpha value is -3.13. The molecule has 1 N–H and O–H groups in total. The van der Waals surface area contributed by atoms with Crippen LogP contribution in [0.5, 0.6) is 0 Å². The number of hydrogen-bond donors (Lipinski definition) is 1. The van der Waals surface area contributed by atoms with Crippen molar-refractivity contribution in [2.45, 2.75) is 45.8 Å². The number of hydrogen-bond acceptors (Lipinski definition) is 5. The minimum absolute atomic E-state index is 0.0442. The van der Waals surface area contributed by atoms with Crippen LogP contribution in [0.15, 0.2) is 49.1 Å². The highest BCUT2D eigenvalue weighted by Crippen LogP contribution is 2.31. The topological polar surface area (TPSA) is 79.2 Å². The predicted octanol–water partition coefficient (Wildman–Crippen LogP) is 4.77. The third-order valence-electron chi connectivity index (χ3n) is 6.00. The molecule has 0 unspecified atom stereocenters. The van der Waals surface area contributed by atoms with E-state index < -0.39 is 0 Å². The van der Waals surface area contributed by atoms with Crippen LogP contribution in [0, 0.1) is 5.92 Å². The Morgan fingerprint density at radius 3 is 2.50 bits per heavy atom. The van der Waals surface area contributed by atoms with Crippen molar-refractivity contribution in [3.05, 3.63) is 59.8 Å². The summed E-state index contributed by atoms with van der Waals surface area (Å²) in [6.07, 6.45) is 5.40. The van der Waals surface area contributed by atoms with Crippen molar-refractivity contribution in [3.8, 4) is 5.69 Å². The molecule has 1 saturated heterocycles. The molecule has 168 valence electrons. The van der Waals surface area contributed by atoms with E-state index in [9.17, 15) is 4.79 Å². The fraction of sp³-hybridized carbons (Fsp3) is 0.391. The van der Waals surface area contributed by atoms with Crippen LogP contribution in [-0.4, -0.2) is 49.6 Å². The molecule has 4 rings (SSSR count). The zero-order chi connectivity index (χ0) is 23.0. The van der Waals surface area contributed by atoms with E-state index in [0.717, 1.165) is 11.4 Å². The number of rotatable bonds is 6. The molecular weight excluding hydrogens is 426 g/mol. The minimum atomic E-state index is -0.129. The molecule has 1 aliphatic heterocycles. The highest BCUT2D eigenvalue weighted by atomic mass is 35.5. The van der Waals surface area contributed by atoms with Gasteiger partial charge in [-0.25, -0.2) is 14.8 Å². The van der Waals surface area contributed by atoms with Gasteiger partial charge in [-0.3, -0.25) is 4.90 Å². The third kappa shape index (κ3) is 4.14. The number of carbonyl (C=O) groups is 1. The molecule has 0 bridgehead atoms. The van der Waals surface area contributed by atoms with Crippen molar-refractivity contribution in [1.29, 1.82) is 0 Å². The van der Waals surface area contributed by atoms with Gasteiger partial charge in [-0.05, 0) is 50.1 Å². The Morgan fingerprint density at radius 2 is 1.81 bits per heavy atom. The Bertz CT molecular complexity index is 1100. The molecule has 8 nitrogen and oxygen atoms in total. The highest BCUT2D eigenvalue weighted by molar-refractivity contribution is 6.30. The van der Waals surface area contributed by atoms with Crippen LogP contribution in [0.1, 0.15) is 39.4 Å². The molecule has 3 heterocycles. The van der Waals surface area contributed by atoms with Gasteiger partial charge in [0.25, 0.3) is 0 Å². The summed E-state index contributed by atoms with van der Waals surface area (Å²) in [6, 6.07) is 9.33. The van der Waals surface area contributed by atoms with Crippen LogP contribution in [0.2, 0.25) is 5.02 Å². The van der Waals surface area contributed by atoms with Gasteiger partial charge < -0.3 is 14.8 Å². The van der Waals surface area contributed by atoms with Gasteiger partial charge in [0.1, 0.15) is 5.82 Å². The van der Waals surface area contributed by atoms with Crippen molar-refractivity contribution in [2.75, 3.05) is 17.3 Å². The number of amides is 2. The minimum Gasteiger partial charge on any atom is -0.346 e. The molecule has 32 heavy (non-hydrogen) atoms. The lowest BCUT2D eigenvalue weighted by molar-refractivity contribution is 0.219. The van der Waals surface area contributed by atoms with Crippen LogP contribution in [0.25, 0.3) is 5.69 Å². The number of carbonyl (C=O) groups excluding carboxylic acids is 1. The Morgan fingerprint density at radius 1 is 1.09 bits per heavy atom. The van der Waals surface area contributed by atoms with Gasteiger partial charge in [-0.2, -0.15) is 4.98 Å². The van der Waals surface area contributed by atoms with Crippen LogP contribution >= 0.6 is 11.6 Å². The van der Waals surface area contributed by atoms with Gasteiger partial charge in [-0.1, -0.05) is 25.4 Å². The van der Waals surface area contributed by atoms with Crippen molar-refractivity contribution >= 4 is 29.4 Å². The molecule has 2 amide bonds. The summed E-state index contributed by atoms with van der Waals surface area (Å²) >= 11 is 5.98. The Labute approximate surface area is 193 Å². The van der Waals surface area contributed by atoms with Gasteiger partial charge in [-0.15, -0.1) is 0 Å². The zero-order valence-corrected chi connectivity index (χ0v) is 19.7. The number of nitrogens with zero attached hydrogens (tertiary/aromatic N) is 6. The maximum Gasteiger partial charge on any atom is 0.326 e. The van der Waals surface area contributed by atoms with Crippen LogP contribution in [-0.2, 0) is 0 Å². The number of aromatic nitrogens is 4. The molecule has 9 heteroatoms. The normalized spacial score (nSPS) is 19.7. The van der Waals surface area contributed by atoms with Gasteiger partial charge in [0.05, 0.1) is 30.1 Å². The first-order chi connectivity index (χ1) is 15.3. The smallest absolute Gasteiger partial charge is 0.326 e. The summed E-state index contributed by atoms with van der Waals surface area (Å²) in [6.45, 7) is 8.32. The average Bonchev–Trinajstić information content (AvgIpc) is 3.34. The molecule has 0 saturated carbocycles. The van der Waals surface area contributed by atoms with E-state index in [1.54, 1.807) is 28.4 Å². The number of urea groups is 1. The number of benzene rings is 1. The maximum atomic E-state index is 12.9. The fourth-order valence-corrected chi connectivity index (χ4v) is 4.28. The lowest BCUT2D eigenvalue weighted by Crippen LogP contribution is -2.40. The first kappa shape index (κ1) is 22.1. The molecule has 1 aromatic carbocycles. The molecular formula is C23H28ClN7O. The van der Waals surface area contributed by atoms with Crippen LogP contribution < -0.4 is 10.2 Å². The number of likely N-dealkylation sites (N-methyl/N-ethyl adjacent to an activating group) is 1. The number of nitrogens with one attached hydrogen (secondary N) is 1. The second-order valence-electron chi connectivity index (χ2n) is 8.53. The summed E-state index contributed by atoms with van der Waals surface area (Å²) < 4.78 is 1.94. The number of imidazole rings is 1. The summed E-state index contributed by atoms with van der Waals surface area (Å²) in [5.41, 5.74) is 1.82. The molecule has 3 aromatic rings. The fourth-order valence-electron chi connectivity index (χ4n) is 4.16. The summed E-state index contributed by atoms with van der Waals surface area (Å²) in [5, 5.41) is 4.00. The van der Waals surface area contributed by atoms with E-state index >= 15 is 0 Å². The molecule has 1 fully saturated rings. The van der Waals surface area contributed by atoms with E-state index in [-0.39, 0.29) is 24.2 Å². The van der Waals surface area contributed by atoms with E-state index in [2.05, 4.69) is 41.0 Å². The van der Waals surface area contributed by atoms with Crippen molar-refractivity contribution in [3.63, 3.8) is 0 Å². The first-order valence-electron chi connectivity index (χ1n) is 10.7. The lowest BCUT2D eigenvalue weighted by atomic mass is 9.97. The number of halogens is 1. The van der Waals surface area contributed by atoms with Gasteiger partial charge in [0.15, 0.2) is 0 Å². The second kappa shape index (κ2) is 8.78. The molecule has 0 spiro atoms. The lowest BCUT2D eigenvalue weighted by Gasteiger charge is -2.28. The maximum absolute atomic E-state index is 12.9. The van der Waals surface area contributed by atoms with Crippen LogP contribution in [0.3, 0.4) is 0 Å². The van der Waals surface area contributed by atoms with Crippen molar-refractivity contribution < 1.29 is 4.79 Å². The standard InChI is InChI=1S/C23H28ClN7O/c1-14(2)21-16(4)29(5)23(32)31(21)20-10-11-25-22(28-20)27-15(3)19-12-30(13-26-19)18-8-6-17(24)7-9-18/h6-16,21H,1-5H3,(H,25,27,28)/t15-,16+,21-/m0/s1. The summed E-state index contributed by atoms with van der Waals surface area (Å²) in [5.74, 6) is 1.34. The Kier molecular flexibility index (Phi) is 6.06. The first-order valence-corrected chi connectivity index (χ1v) is 11.1. The molecule has 3 atom stereocenters. The predicted molar refractivity (Wildman–Crippen MR) is 126 cm³/mol. The second-order valence-corrected chi connectivity index (χ2v) is 8.96. The van der Waals surface area contributed by atoms with Gasteiger partial charge >= 0.3 is 6.03 Å². The SMILES string of the molecule is CC(C)[C@H]1[C@@H](C)N(C)C(=O)N1c1ccnc(N[C@@H](C)c2cn(-c3ccc(Cl)cc3)cn2)n1. The monoisotopic (exact) mass is 453 g/mol. The summed E-state index contributed by atoms with van der Waals surface area (Å²) in [4.78, 5) is 30.0. The van der Waals surface area contributed by atoms with Crippen molar-refractivity contribution in [1.82, 2.24) is 24.4 Å². The molecule has 1 aliphatic rings. The number of anilines is 2. The third-order valence-corrected chi connectivity index (χ3v) is 6.25. The molecule has 2 aromatic heterocycles. The van der Waals surface area contributed by atoms with Crippen molar-refractivity contribution in [2.24, 2.45) is 5.92 Å². The quantitative estimate of drug-likeness (QED) is 0.581. The highest BCUT2D eigenvalue weighted by Gasteiger charge is 2.44. The van der Waals surface area contributed by atoms with Gasteiger partial charge in [0, 0.05) is 30.2 Å². The Balaban J connectivity index is 1.53. The van der Waals surface area contributed by atoms with E-state index in [0.29, 0.717) is 22.7 Å². The van der Waals surface area contributed by atoms with Gasteiger partial charge in [0.2, 0.25) is 5.95 Å².